The van der Waals surface area contributed by atoms with Gasteiger partial charge in [0.2, 0.25) is 0 Å². The second-order valence-electron chi connectivity index (χ2n) is 6.58. The standard InChI is InChI=1S/C23H15ClN2O2/c1-28-16-9-6-14(7-10-16)23(27)19-12-20-22(18-5-3-2-4-17(18)19)25-21-11-8-15(24)13-26(20)21/h2-13H,1H3. The van der Waals surface area contributed by atoms with E-state index in [0.29, 0.717) is 21.9 Å². The Kier molecular flexibility index (Phi) is 3.81. The summed E-state index contributed by atoms with van der Waals surface area (Å²) in [6, 6.07) is 20.6. The van der Waals surface area contributed by atoms with Gasteiger partial charge < -0.3 is 4.74 Å². The number of rotatable bonds is 3. The first-order chi connectivity index (χ1) is 13.7. The Balaban J connectivity index is 1.82. The maximum atomic E-state index is 13.3. The molecule has 136 valence electrons. The minimum absolute atomic E-state index is 0.0438. The monoisotopic (exact) mass is 386 g/mol. The smallest absolute Gasteiger partial charge is 0.193 e. The molecule has 0 atom stereocenters. The molecule has 5 aromatic rings. The molecule has 28 heavy (non-hydrogen) atoms. The summed E-state index contributed by atoms with van der Waals surface area (Å²) in [7, 11) is 1.61. The van der Waals surface area contributed by atoms with Gasteiger partial charge in [0.05, 0.1) is 23.2 Å². The molecule has 0 N–H and O–H groups in total. The maximum absolute atomic E-state index is 13.3. The molecule has 0 aliphatic carbocycles. The van der Waals surface area contributed by atoms with Crippen LogP contribution < -0.4 is 4.74 Å². The van der Waals surface area contributed by atoms with Crippen molar-refractivity contribution in [2.75, 3.05) is 7.11 Å². The lowest BCUT2D eigenvalue weighted by molar-refractivity contribution is 0.104. The van der Waals surface area contributed by atoms with Gasteiger partial charge in [0, 0.05) is 22.7 Å². The third-order valence-electron chi connectivity index (χ3n) is 4.97. The van der Waals surface area contributed by atoms with Crippen LogP contribution in [0.5, 0.6) is 5.75 Å². The van der Waals surface area contributed by atoms with Crippen molar-refractivity contribution in [3.63, 3.8) is 0 Å². The van der Waals surface area contributed by atoms with Gasteiger partial charge in [-0.1, -0.05) is 35.9 Å². The highest BCUT2D eigenvalue weighted by atomic mass is 35.5. The molecule has 0 amide bonds. The fourth-order valence-electron chi connectivity index (χ4n) is 3.60. The van der Waals surface area contributed by atoms with Crippen LogP contribution in [-0.4, -0.2) is 22.3 Å². The molecule has 0 radical (unpaired) electrons. The number of carbonyl (C=O) groups is 1. The molecule has 0 saturated carbocycles. The van der Waals surface area contributed by atoms with Crippen LogP contribution in [0, 0.1) is 0 Å². The van der Waals surface area contributed by atoms with Crippen LogP contribution in [0.3, 0.4) is 0 Å². The van der Waals surface area contributed by atoms with Crippen molar-refractivity contribution < 1.29 is 9.53 Å². The fourth-order valence-corrected chi connectivity index (χ4v) is 3.76. The molecule has 0 unspecified atom stereocenters. The number of hydrogen-bond donors (Lipinski definition) is 0. The first kappa shape index (κ1) is 16.8. The van der Waals surface area contributed by atoms with E-state index in [0.717, 1.165) is 27.5 Å². The summed E-state index contributed by atoms with van der Waals surface area (Å²) in [6.45, 7) is 0. The Morgan fingerprint density at radius 1 is 1.00 bits per heavy atom. The first-order valence-electron chi connectivity index (χ1n) is 8.83. The first-order valence-corrected chi connectivity index (χ1v) is 9.21. The Labute approximate surface area is 165 Å². The normalized spacial score (nSPS) is 11.4. The molecule has 0 aliphatic heterocycles. The number of hydrogen-bond acceptors (Lipinski definition) is 3. The number of aromatic nitrogens is 2. The Hall–Kier alpha value is -3.37. The lowest BCUT2D eigenvalue weighted by Gasteiger charge is -2.08. The molecule has 0 spiro atoms. The van der Waals surface area contributed by atoms with Gasteiger partial charge in [-0.25, -0.2) is 4.98 Å². The van der Waals surface area contributed by atoms with Crippen LogP contribution in [-0.2, 0) is 0 Å². The van der Waals surface area contributed by atoms with Gasteiger partial charge in [0.1, 0.15) is 11.4 Å². The quantitative estimate of drug-likeness (QED) is 0.383. The lowest BCUT2D eigenvalue weighted by Crippen LogP contribution is -2.03. The zero-order valence-corrected chi connectivity index (χ0v) is 15.8. The van der Waals surface area contributed by atoms with E-state index < -0.39 is 0 Å². The van der Waals surface area contributed by atoms with Gasteiger partial charge in [-0.15, -0.1) is 0 Å². The second kappa shape index (κ2) is 6.36. The average molecular weight is 387 g/mol. The van der Waals surface area contributed by atoms with Crippen LogP contribution in [0.4, 0.5) is 0 Å². The summed E-state index contributed by atoms with van der Waals surface area (Å²) in [5, 5.41) is 2.44. The van der Waals surface area contributed by atoms with Gasteiger partial charge in [-0.2, -0.15) is 0 Å². The molecule has 5 heteroatoms. The zero-order chi connectivity index (χ0) is 19.3. The van der Waals surface area contributed by atoms with E-state index in [1.807, 2.05) is 53.1 Å². The number of pyridine rings is 1. The molecule has 0 bridgehead atoms. The molecule has 4 nitrogen and oxygen atoms in total. The van der Waals surface area contributed by atoms with E-state index in [1.165, 1.54) is 0 Å². The maximum Gasteiger partial charge on any atom is 0.193 e. The molecule has 3 aromatic carbocycles. The molecular formula is C23H15ClN2O2. The van der Waals surface area contributed by atoms with E-state index in [1.54, 1.807) is 31.4 Å². The van der Waals surface area contributed by atoms with Gasteiger partial charge in [-0.05, 0) is 47.9 Å². The summed E-state index contributed by atoms with van der Waals surface area (Å²) < 4.78 is 7.12. The van der Waals surface area contributed by atoms with Crippen LogP contribution in [0.25, 0.3) is 27.5 Å². The van der Waals surface area contributed by atoms with E-state index in [9.17, 15) is 4.79 Å². The summed E-state index contributed by atoms with van der Waals surface area (Å²) in [6.07, 6.45) is 1.82. The van der Waals surface area contributed by atoms with E-state index in [4.69, 9.17) is 21.3 Å². The van der Waals surface area contributed by atoms with Crippen LogP contribution in [0.15, 0.2) is 72.9 Å². The van der Waals surface area contributed by atoms with Gasteiger partial charge >= 0.3 is 0 Å². The van der Waals surface area contributed by atoms with Crippen LogP contribution in [0.2, 0.25) is 5.02 Å². The number of nitrogens with zero attached hydrogens (tertiary/aromatic N) is 2. The third-order valence-corrected chi connectivity index (χ3v) is 5.19. The van der Waals surface area contributed by atoms with Crippen molar-refractivity contribution >= 4 is 44.8 Å². The number of benzene rings is 3. The molecule has 2 aromatic heterocycles. The highest BCUT2D eigenvalue weighted by Crippen LogP contribution is 2.31. The molecule has 0 aliphatic rings. The molecule has 2 heterocycles. The largest absolute Gasteiger partial charge is 0.497 e. The SMILES string of the molecule is COc1ccc(C(=O)c2cc3c(nc4ccc(Cl)cn43)c3ccccc23)cc1. The minimum Gasteiger partial charge on any atom is -0.497 e. The summed E-state index contributed by atoms with van der Waals surface area (Å²) in [5.74, 6) is 0.672. The predicted molar refractivity (Wildman–Crippen MR) is 112 cm³/mol. The van der Waals surface area contributed by atoms with Crippen molar-refractivity contribution in [1.29, 1.82) is 0 Å². The van der Waals surface area contributed by atoms with Crippen molar-refractivity contribution in [2.24, 2.45) is 0 Å². The highest BCUT2D eigenvalue weighted by Gasteiger charge is 2.18. The number of carbonyl (C=O) groups excluding carboxylic acids is 1. The zero-order valence-electron chi connectivity index (χ0n) is 15.0. The van der Waals surface area contributed by atoms with Crippen molar-refractivity contribution in [2.45, 2.75) is 0 Å². The number of halogens is 1. The highest BCUT2D eigenvalue weighted by molar-refractivity contribution is 6.30. The Morgan fingerprint density at radius 2 is 1.75 bits per heavy atom. The average Bonchev–Trinajstić information content (AvgIpc) is 3.11. The number of ketones is 1. The van der Waals surface area contributed by atoms with Crippen LogP contribution in [0.1, 0.15) is 15.9 Å². The summed E-state index contributed by atoms with van der Waals surface area (Å²) >= 11 is 6.19. The summed E-state index contributed by atoms with van der Waals surface area (Å²) in [4.78, 5) is 18.1. The molecule has 5 rings (SSSR count). The van der Waals surface area contributed by atoms with Gasteiger partial charge in [0.15, 0.2) is 5.78 Å². The molecule has 0 fully saturated rings. The van der Waals surface area contributed by atoms with Crippen molar-refractivity contribution in [3.8, 4) is 5.75 Å². The van der Waals surface area contributed by atoms with Crippen molar-refractivity contribution in [3.05, 3.63) is 89.1 Å². The van der Waals surface area contributed by atoms with Gasteiger partial charge in [-0.3, -0.25) is 9.20 Å². The fraction of sp³-hybridized carbons (Fsp3) is 0.0435. The topological polar surface area (TPSA) is 43.6 Å². The third kappa shape index (κ3) is 2.53. The number of imidazole rings is 1. The Morgan fingerprint density at radius 3 is 2.50 bits per heavy atom. The van der Waals surface area contributed by atoms with E-state index in [2.05, 4.69) is 0 Å². The Bertz CT molecular complexity index is 1370. The second-order valence-corrected chi connectivity index (χ2v) is 7.02. The van der Waals surface area contributed by atoms with Crippen LogP contribution >= 0.6 is 11.6 Å². The minimum atomic E-state index is -0.0438. The number of fused-ring (bicyclic) bond motifs is 5. The summed E-state index contributed by atoms with van der Waals surface area (Å²) in [5.41, 5.74) is 3.74. The molecule has 0 saturated heterocycles. The van der Waals surface area contributed by atoms with Gasteiger partial charge in [0.25, 0.3) is 0 Å². The predicted octanol–water partition coefficient (Wildman–Crippen LogP) is 5.53. The van der Waals surface area contributed by atoms with Crippen molar-refractivity contribution in [1.82, 2.24) is 9.38 Å². The number of methoxy groups -OCH3 is 1. The number of ether oxygens (including phenoxy) is 1. The van der Waals surface area contributed by atoms with E-state index in [-0.39, 0.29) is 5.78 Å². The lowest BCUT2D eigenvalue weighted by atomic mass is 9.96. The molecular weight excluding hydrogens is 372 g/mol. The van der Waals surface area contributed by atoms with E-state index >= 15 is 0 Å².